The maximum Gasteiger partial charge on any atom is 0.253 e. The van der Waals surface area contributed by atoms with E-state index in [0.717, 1.165) is 22.0 Å². The molecule has 188 valence electrons. The lowest BCUT2D eigenvalue weighted by Gasteiger charge is -2.40. The smallest absolute Gasteiger partial charge is 0.253 e. The molecule has 0 radical (unpaired) electrons. The van der Waals surface area contributed by atoms with Crippen molar-refractivity contribution in [2.24, 2.45) is 0 Å². The predicted molar refractivity (Wildman–Crippen MR) is 139 cm³/mol. The quantitative estimate of drug-likeness (QED) is 0.468. The van der Waals surface area contributed by atoms with E-state index < -0.39 is 6.04 Å². The molecule has 0 unspecified atom stereocenters. The molecule has 0 aliphatic carbocycles. The Morgan fingerprint density at radius 2 is 1.75 bits per heavy atom. The number of hydrogen-bond donors (Lipinski definition) is 1. The van der Waals surface area contributed by atoms with Crippen LogP contribution in [0.1, 0.15) is 49.3 Å². The van der Waals surface area contributed by atoms with Crippen LogP contribution in [0.25, 0.3) is 10.9 Å². The number of nitrogens with one attached hydrogen (secondary N) is 1. The molecular formula is C27H32FN7O. The summed E-state index contributed by atoms with van der Waals surface area (Å²) in [6, 6.07) is 12.5. The van der Waals surface area contributed by atoms with Gasteiger partial charge in [-0.1, -0.05) is 24.3 Å². The van der Waals surface area contributed by atoms with Crippen molar-refractivity contribution in [1.82, 2.24) is 30.1 Å². The molecule has 1 atom stereocenters. The highest BCUT2D eigenvalue weighted by Gasteiger charge is 2.35. The fraction of sp³-hybridized carbons (Fsp3) is 0.407. The van der Waals surface area contributed by atoms with Crippen LogP contribution in [-0.4, -0.2) is 56.3 Å². The number of aryl methyl sites for hydroxylation is 2. The molecule has 5 rings (SSSR count). The number of aromatic nitrogens is 5. The van der Waals surface area contributed by atoms with Gasteiger partial charge in [0, 0.05) is 31.7 Å². The molecule has 4 aromatic rings. The van der Waals surface area contributed by atoms with Gasteiger partial charge in [0.05, 0.1) is 16.7 Å². The van der Waals surface area contributed by atoms with E-state index in [0.29, 0.717) is 43.3 Å². The van der Waals surface area contributed by atoms with Gasteiger partial charge in [0.15, 0.2) is 5.82 Å². The molecule has 2 aromatic heterocycles. The maximum absolute atomic E-state index is 14.4. The second-order valence-electron chi connectivity index (χ2n) is 10.5. The first kappa shape index (κ1) is 24.1. The molecule has 1 fully saturated rings. The van der Waals surface area contributed by atoms with Crippen molar-refractivity contribution in [2.45, 2.75) is 46.2 Å². The van der Waals surface area contributed by atoms with Crippen molar-refractivity contribution < 1.29 is 4.39 Å². The highest BCUT2D eigenvalue weighted by molar-refractivity contribution is 5.83. The molecule has 1 aliphatic heterocycles. The molecular weight excluding hydrogens is 457 g/mol. The number of H-pyrrole nitrogens is 1. The number of hydrogen-bond acceptors (Lipinski definition) is 6. The number of fused-ring (bicyclic) bond motifs is 1. The van der Waals surface area contributed by atoms with Crippen LogP contribution in [-0.2, 0) is 5.54 Å². The zero-order chi connectivity index (χ0) is 25.6. The minimum Gasteiger partial charge on any atom is -0.367 e. The first-order chi connectivity index (χ1) is 17.1. The number of anilines is 1. The van der Waals surface area contributed by atoms with Gasteiger partial charge in [0.2, 0.25) is 0 Å². The summed E-state index contributed by atoms with van der Waals surface area (Å²) in [6.45, 7) is 12.7. The molecule has 0 saturated carbocycles. The second kappa shape index (κ2) is 9.13. The lowest BCUT2D eigenvalue weighted by Crippen LogP contribution is -2.49. The van der Waals surface area contributed by atoms with Crippen LogP contribution < -0.4 is 10.5 Å². The summed E-state index contributed by atoms with van der Waals surface area (Å²) in [5.41, 5.74) is 3.72. The van der Waals surface area contributed by atoms with E-state index in [1.165, 1.54) is 6.07 Å². The SMILES string of the molecule is Cc1ccc2cc([C@@H](c3nnnn3C(C)(C)C)N3CCN(c4ccccc4F)CC3)c(=O)[nH]c2c1C. The number of halogens is 1. The molecule has 1 saturated heterocycles. The van der Waals surface area contributed by atoms with Crippen LogP contribution in [0.3, 0.4) is 0 Å². The summed E-state index contributed by atoms with van der Waals surface area (Å²) in [7, 11) is 0. The Kier molecular flexibility index (Phi) is 6.12. The number of rotatable bonds is 4. The van der Waals surface area contributed by atoms with Crippen LogP contribution in [0, 0.1) is 19.7 Å². The van der Waals surface area contributed by atoms with Crippen molar-refractivity contribution in [1.29, 1.82) is 0 Å². The van der Waals surface area contributed by atoms with Crippen molar-refractivity contribution in [3.05, 3.63) is 81.2 Å². The third-order valence-corrected chi connectivity index (χ3v) is 7.12. The van der Waals surface area contributed by atoms with Crippen molar-refractivity contribution in [2.75, 3.05) is 31.1 Å². The molecule has 0 spiro atoms. The van der Waals surface area contributed by atoms with Gasteiger partial charge in [-0.25, -0.2) is 9.07 Å². The molecule has 1 N–H and O–H groups in total. The first-order valence-electron chi connectivity index (χ1n) is 12.3. The van der Waals surface area contributed by atoms with Crippen LogP contribution in [0.2, 0.25) is 0 Å². The number of tetrazole rings is 1. The average Bonchev–Trinajstić information content (AvgIpc) is 3.34. The predicted octanol–water partition coefficient (Wildman–Crippen LogP) is 3.94. The van der Waals surface area contributed by atoms with Crippen LogP contribution in [0.4, 0.5) is 10.1 Å². The number of para-hydroxylation sites is 1. The summed E-state index contributed by atoms with van der Waals surface area (Å²) in [5, 5.41) is 13.6. The number of nitrogens with zero attached hydrogens (tertiary/aromatic N) is 6. The third-order valence-electron chi connectivity index (χ3n) is 7.12. The Labute approximate surface area is 209 Å². The fourth-order valence-electron chi connectivity index (χ4n) is 5.02. The number of piperazine rings is 1. The summed E-state index contributed by atoms with van der Waals surface area (Å²) >= 11 is 0. The summed E-state index contributed by atoms with van der Waals surface area (Å²) < 4.78 is 16.2. The van der Waals surface area contributed by atoms with E-state index in [2.05, 4.69) is 31.5 Å². The number of aromatic amines is 1. The highest BCUT2D eigenvalue weighted by Crippen LogP contribution is 2.31. The molecule has 8 nitrogen and oxygen atoms in total. The first-order valence-corrected chi connectivity index (χ1v) is 12.3. The van der Waals surface area contributed by atoms with E-state index in [4.69, 9.17) is 0 Å². The molecule has 9 heteroatoms. The lowest BCUT2D eigenvalue weighted by molar-refractivity contribution is 0.190. The molecule has 1 aliphatic rings. The zero-order valence-corrected chi connectivity index (χ0v) is 21.4. The van der Waals surface area contributed by atoms with Crippen LogP contribution >= 0.6 is 0 Å². The Balaban J connectivity index is 1.58. The van der Waals surface area contributed by atoms with E-state index in [9.17, 15) is 9.18 Å². The molecule has 36 heavy (non-hydrogen) atoms. The Morgan fingerprint density at radius 3 is 2.44 bits per heavy atom. The van der Waals surface area contributed by atoms with Gasteiger partial charge < -0.3 is 9.88 Å². The van der Waals surface area contributed by atoms with Gasteiger partial charge in [-0.2, -0.15) is 0 Å². The molecule has 0 bridgehead atoms. The number of benzene rings is 2. The minimum absolute atomic E-state index is 0.152. The highest BCUT2D eigenvalue weighted by atomic mass is 19.1. The van der Waals surface area contributed by atoms with Crippen LogP contribution in [0.5, 0.6) is 0 Å². The van der Waals surface area contributed by atoms with E-state index in [-0.39, 0.29) is 16.9 Å². The molecule has 3 heterocycles. The van der Waals surface area contributed by atoms with Gasteiger partial charge in [-0.05, 0) is 79.8 Å². The maximum atomic E-state index is 14.4. The lowest BCUT2D eigenvalue weighted by atomic mass is 9.99. The topological polar surface area (TPSA) is 82.9 Å². The summed E-state index contributed by atoms with van der Waals surface area (Å²) in [4.78, 5) is 20.9. The fourth-order valence-corrected chi connectivity index (χ4v) is 5.02. The molecule has 2 aromatic carbocycles. The zero-order valence-electron chi connectivity index (χ0n) is 21.4. The number of pyridine rings is 1. The summed E-state index contributed by atoms with van der Waals surface area (Å²) in [5.74, 6) is 0.395. The normalized spacial score (nSPS) is 16.0. The van der Waals surface area contributed by atoms with Crippen molar-refractivity contribution in [3.63, 3.8) is 0 Å². The van der Waals surface area contributed by atoms with Gasteiger partial charge in [0.25, 0.3) is 5.56 Å². The van der Waals surface area contributed by atoms with E-state index >= 15 is 0 Å². The second-order valence-corrected chi connectivity index (χ2v) is 10.5. The average molecular weight is 490 g/mol. The van der Waals surface area contributed by atoms with E-state index in [1.54, 1.807) is 16.8 Å². The van der Waals surface area contributed by atoms with Crippen LogP contribution in [0.15, 0.2) is 47.3 Å². The van der Waals surface area contributed by atoms with Gasteiger partial charge in [0.1, 0.15) is 11.9 Å². The minimum atomic E-state index is -0.447. The van der Waals surface area contributed by atoms with Crippen molar-refractivity contribution >= 4 is 16.6 Å². The molecule has 0 amide bonds. The Bertz CT molecular complexity index is 1460. The summed E-state index contributed by atoms with van der Waals surface area (Å²) in [6.07, 6.45) is 0. The standard InChI is InChI=1S/C27H32FN7O/c1-17-10-11-19-16-20(26(36)29-23(19)18(17)2)24(25-30-31-32-35(25)27(3,4)5)34-14-12-33(13-15-34)22-9-7-6-8-21(22)28/h6-11,16,24H,12-15H2,1-5H3,(H,29,36)/t24-/m0/s1. The Hall–Kier alpha value is -3.59. The van der Waals surface area contributed by atoms with E-state index in [1.807, 2.05) is 57.7 Å². The van der Waals surface area contributed by atoms with Gasteiger partial charge >= 0.3 is 0 Å². The largest absolute Gasteiger partial charge is 0.367 e. The van der Waals surface area contributed by atoms with Crippen molar-refractivity contribution in [3.8, 4) is 0 Å². The Morgan fingerprint density at radius 1 is 1.03 bits per heavy atom. The third kappa shape index (κ3) is 4.28. The van der Waals surface area contributed by atoms with Gasteiger partial charge in [-0.3, -0.25) is 9.69 Å². The monoisotopic (exact) mass is 489 g/mol. The van der Waals surface area contributed by atoms with Gasteiger partial charge in [-0.15, -0.1) is 5.10 Å².